The van der Waals surface area contributed by atoms with E-state index in [0.29, 0.717) is 6.04 Å². The standard InChI is InChI=1S/C15H27N3O/c1-4-9-16-13(3)14-7-8-15(17-12-14)18(5-2)10-6-11-19/h7-8,12-13,16,19H,4-6,9-11H2,1-3H3. The summed E-state index contributed by atoms with van der Waals surface area (Å²) in [4.78, 5) is 6.72. The molecule has 0 bridgehead atoms. The molecule has 0 saturated carbocycles. The van der Waals surface area contributed by atoms with Crippen LogP contribution in [0.25, 0.3) is 0 Å². The minimum absolute atomic E-state index is 0.229. The van der Waals surface area contributed by atoms with Crippen molar-refractivity contribution in [3.63, 3.8) is 0 Å². The first kappa shape index (κ1) is 15.9. The average molecular weight is 265 g/mol. The van der Waals surface area contributed by atoms with Crippen LogP contribution in [0.5, 0.6) is 0 Å². The van der Waals surface area contributed by atoms with Gasteiger partial charge in [-0.2, -0.15) is 0 Å². The van der Waals surface area contributed by atoms with E-state index in [2.05, 4.69) is 48.1 Å². The number of aliphatic hydroxyl groups excluding tert-OH is 1. The van der Waals surface area contributed by atoms with Crippen LogP contribution in [0.4, 0.5) is 5.82 Å². The van der Waals surface area contributed by atoms with Crippen molar-refractivity contribution in [2.45, 2.75) is 39.7 Å². The summed E-state index contributed by atoms with van der Waals surface area (Å²) in [5.74, 6) is 0.988. The lowest BCUT2D eigenvalue weighted by Crippen LogP contribution is -2.26. The highest BCUT2D eigenvalue weighted by Crippen LogP contribution is 2.16. The summed E-state index contributed by atoms with van der Waals surface area (Å²) in [6.07, 6.45) is 3.87. The zero-order valence-corrected chi connectivity index (χ0v) is 12.4. The van der Waals surface area contributed by atoms with Crippen LogP contribution in [-0.2, 0) is 0 Å². The van der Waals surface area contributed by atoms with Gasteiger partial charge < -0.3 is 15.3 Å². The molecular weight excluding hydrogens is 238 g/mol. The monoisotopic (exact) mass is 265 g/mol. The lowest BCUT2D eigenvalue weighted by atomic mass is 10.1. The second-order valence-corrected chi connectivity index (χ2v) is 4.78. The third kappa shape index (κ3) is 5.17. The summed E-state index contributed by atoms with van der Waals surface area (Å²) in [7, 11) is 0. The summed E-state index contributed by atoms with van der Waals surface area (Å²) in [5.41, 5.74) is 1.22. The molecule has 0 aromatic carbocycles. The third-order valence-electron chi connectivity index (χ3n) is 3.26. The number of nitrogens with one attached hydrogen (secondary N) is 1. The summed E-state index contributed by atoms with van der Waals surface area (Å²) in [6, 6.07) is 4.55. The lowest BCUT2D eigenvalue weighted by molar-refractivity contribution is 0.289. The molecule has 4 heteroatoms. The number of pyridine rings is 1. The first-order valence-electron chi connectivity index (χ1n) is 7.28. The van der Waals surface area contributed by atoms with E-state index in [1.165, 1.54) is 5.56 Å². The molecular formula is C15H27N3O. The van der Waals surface area contributed by atoms with Crippen LogP contribution in [0, 0.1) is 0 Å². The zero-order valence-electron chi connectivity index (χ0n) is 12.4. The van der Waals surface area contributed by atoms with E-state index in [9.17, 15) is 0 Å². The quantitative estimate of drug-likeness (QED) is 0.719. The molecule has 0 spiro atoms. The second-order valence-electron chi connectivity index (χ2n) is 4.78. The van der Waals surface area contributed by atoms with Crippen LogP contribution in [0.15, 0.2) is 18.3 Å². The number of rotatable bonds is 9. The molecule has 2 N–H and O–H groups in total. The van der Waals surface area contributed by atoms with Crippen LogP contribution in [0.3, 0.4) is 0 Å². The van der Waals surface area contributed by atoms with Crippen LogP contribution in [0.1, 0.15) is 45.2 Å². The summed E-state index contributed by atoms with van der Waals surface area (Å²) < 4.78 is 0. The molecule has 1 atom stereocenters. The SMILES string of the molecule is CCCNC(C)c1ccc(N(CC)CCCO)nc1. The molecule has 0 aliphatic rings. The topological polar surface area (TPSA) is 48.4 Å². The van der Waals surface area contributed by atoms with Crippen molar-refractivity contribution in [1.29, 1.82) is 0 Å². The van der Waals surface area contributed by atoms with Gasteiger partial charge in [0, 0.05) is 31.9 Å². The van der Waals surface area contributed by atoms with Crippen molar-refractivity contribution >= 4 is 5.82 Å². The predicted octanol–water partition coefficient (Wildman–Crippen LogP) is 2.35. The Labute approximate surface area is 116 Å². The molecule has 108 valence electrons. The normalized spacial score (nSPS) is 12.4. The Balaban J connectivity index is 2.63. The van der Waals surface area contributed by atoms with E-state index in [1.807, 2.05) is 6.20 Å². The van der Waals surface area contributed by atoms with Gasteiger partial charge in [0.05, 0.1) is 0 Å². The van der Waals surface area contributed by atoms with Gasteiger partial charge in [-0.25, -0.2) is 4.98 Å². The number of hydrogen-bond acceptors (Lipinski definition) is 4. The minimum atomic E-state index is 0.229. The molecule has 0 radical (unpaired) electrons. The Bertz CT molecular complexity index is 340. The summed E-state index contributed by atoms with van der Waals surface area (Å²) in [5, 5.41) is 12.4. The Morgan fingerprint density at radius 1 is 1.37 bits per heavy atom. The van der Waals surface area contributed by atoms with Crippen LogP contribution in [-0.4, -0.2) is 36.3 Å². The Morgan fingerprint density at radius 3 is 2.68 bits per heavy atom. The maximum Gasteiger partial charge on any atom is 0.128 e. The maximum atomic E-state index is 8.90. The Kier molecular flexibility index (Phi) is 7.45. The van der Waals surface area contributed by atoms with Crippen molar-refractivity contribution in [2.24, 2.45) is 0 Å². The number of aromatic nitrogens is 1. The second kappa shape index (κ2) is 8.88. The highest BCUT2D eigenvalue weighted by atomic mass is 16.3. The van der Waals surface area contributed by atoms with E-state index < -0.39 is 0 Å². The smallest absolute Gasteiger partial charge is 0.128 e. The first-order chi connectivity index (χ1) is 9.22. The number of anilines is 1. The van der Waals surface area contributed by atoms with Crippen molar-refractivity contribution in [3.05, 3.63) is 23.9 Å². The Hall–Kier alpha value is -1.13. The van der Waals surface area contributed by atoms with Gasteiger partial charge in [-0.3, -0.25) is 0 Å². The molecule has 19 heavy (non-hydrogen) atoms. The van der Waals surface area contributed by atoms with Gasteiger partial charge in [-0.1, -0.05) is 13.0 Å². The van der Waals surface area contributed by atoms with Gasteiger partial charge in [-0.15, -0.1) is 0 Å². The first-order valence-corrected chi connectivity index (χ1v) is 7.28. The van der Waals surface area contributed by atoms with Crippen molar-refractivity contribution in [3.8, 4) is 0 Å². The van der Waals surface area contributed by atoms with E-state index >= 15 is 0 Å². The van der Waals surface area contributed by atoms with E-state index in [0.717, 1.165) is 38.3 Å². The molecule has 1 aromatic heterocycles. The van der Waals surface area contributed by atoms with Gasteiger partial charge in [0.2, 0.25) is 0 Å². The fourth-order valence-corrected chi connectivity index (χ4v) is 2.02. The molecule has 0 amide bonds. The highest BCUT2D eigenvalue weighted by molar-refractivity contribution is 5.39. The molecule has 1 rings (SSSR count). The van der Waals surface area contributed by atoms with Crippen LogP contribution < -0.4 is 10.2 Å². The summed E-state index contributed by atoms with van der Waals surface area (Å²) >= 11 is 0. The van der Waals surface area contributed by atoms with Crippen molar-refractivity contribution < 1.29 is 5.11 Å². The highest BCUT2D eigenvalue weighted by Gasteiger charge is 2.08. The molecule has 0 saturated heterocycles. The largest absolute Gasteiger partial charge is 0.396 e. The summed E-state index contributed by atoms with van der Waals surface area (Å²) in [6.45, 7) is 9.46. The minimum Gasteiger partial charge on any atom is -0.396 e. The maximum absolute atomic E-state index is 8.90. The Morgan fingerprint density at radius 2 is 2.16 bits per heavy atom. The van der Waals surface area contributed by atoms with Gasteiger partial charge >= 0.3 is 0 Å². The fourth-order valence-electron chi connectivity index (χ4n) is 2.02. The van der Waals surface area contributed by atoms with Gasteiger partial charge in [0.25, 0.3) is 0 Å². The molecule has 1 aromatic rings. The van der Waals surface area contributed by atoms with Crippen LogP contribution in [0.2, 0.25) is 0 Å². The zero-order chi connectivity index (χ0) is 14.1. The van der Waals surface area contributed by atoms with Gasteiger partial charge in [0.1, 0.15) is 5.82 Å². The van der Waals surface area contributed by atoms with Crippen molar-refractivity contribution in [2.75, 3.05) is 31.1 Å². The number of nitrogens with zero attached hydrogens (tertiary/aromatic N) is 2. The van der Waals surface area contributed by atoms with Crippen LogP contribution >= 0.6 is 0 Å². The fraction of sp³-hybridized carbons (Fsp3) is 0.667. The predicted molar refractivity (Wildman–Crippen MR) is 80.5 cm³/mol. The number of aliphatic hydroxyl groups is 1. The van der Waals surface area contributed by atoms with E-state index in [1.54, 1.807) is 0 Å². The number of hydrogen-bond donors (Lipinski definition) is 2. The van der Waals surface area contributed by atoms with Gasteiger partial charge in [-0.05, 0) is 44.9 Å². The molecule has 4 nitrogen and oxygen atoms in total. The van der Waals surface area contributed by atoms with E-state index in [4.69, 9.17) is 5.11 Å². The third-order valence-corrected chi connectivity index (χ3v) is 3.26. The molecule has 0 aliphatic heterocycles. The van der Waals surface area contributed by atoms with Gasteiger partial charge in [0.15, 0.2) is 0 Å². The molecule has 0 aliphatic carbocycles. The van der Waals surface area contributed by atoms with E-state index in [-0.39, 0.29) is 6.61 Å². The molecule has 1 unspecified atom stereocenters. The molecule has 0 fully saturated rings. The van der Waals surface area contributed by atoms with Crippen molar-refractivity contribution in [1.82, 2.24) is 10.3 Å². The lowest BCUT2D eigenvalue weighted by Gasteiger charge is -2.22. The average Bonchev–Trinajstić information content (AvgIpc) is 2.46. The molecule has 1 heterocycles.